The van der Waals surface area contributed by atoms with Crippen LogP contribution in [0.25, 0.3) is 0 Å². The Bertz CT molecular complexity index is 1320. The van der Waals surface area contributed by atoms with E-state index in [1.807, 2.05) is 25.1 Å². The summed E-state index contributed by atoms with van der Waals surface area (Å²) in [7, 11) is 0. The number of amides is 3. The number of hydrogen-bond acceptors (Lipinski definition) is 8. The van der Waals surface area contributed by atoms with E-state index in [-0.39, 0.29) is 40.6 Å². The minimum Gasteiger partial charge on any atom is -0.454 e. The van der Waals surface area contributed by atoms with Crippen LogP contribution in [0.15, 0.2) is 48.5 Å². The van der Waals surface area contributed by atoms with Crippen LogP contribution in [-0.4, -0.2) is 58.7 Å². The lowest BCUT2D eigenvalue weighted by atomic mass is 9.93. The third-order valence-corrected chi connectivity index (χ3v) is 7.83. The van der Waals surface area contributed by atoms with Crippen LogP contribution in [0.3, 0.4) is 0 Å². The average molecular weight is 550 g/mol. The first-order valence-electron chi connectivity index (χ1n) is 13.1. The van der Waals surface area contributed by atoms with Gasteiger partial charge in [0.1, 0.15) is 0 Å². The number of piperidine rings is 1. The molecule has 2 aliphatic heterocycles. The number of carbonyl (C=O) groups excluding carboxylic acids is 3. The number of fused-ring (bicyclic) bond motifs is 1. The fourth-order valence-electron chi connectivity index (χ4n) is 4.73. The van der Waals surface area contributed by atoms with Crippen molar-refractivity contribution in [2.45, 2.75) is 45.1 Å². The lowest BCUT2D eigenvalue weighted by Gasteiger charge is -2.31. The normalized spacial score (nSPS) is 15.6. The molecule has 204 valence electrons. The third kappa shape index (κ3) is 6.91. The Morgan fingerprint density at radius 2 is 1.77 bits per heavy atom. The lowest BCUT2D eigenvalue weighted by molar-refractivity contribution is -0.122. The molecule has 1 aromatic heterocycles. The van der Waals surface area contributed by atoms with Crippen LogP contribution in [0.1, 0.15) is 57.8 Å². The first-order valence-corrected chi connectivity index (χ1v) is 13.9. The first-order chi connectivity index (χ1) is 18.9. The predicted molar refractivity (Wildman–Crippen MR) is 146 cm³/mol. The average Bonchev–Trinajstić information content (AvgIpc) is 3.62. The lowest BCUT2D eigenvalue weighted by Crippen LogP contribution is -2.40. The van der Waals surface area contributed by atoms with E-state index in [0.29, 0.717) is 36.7 Å². The van der Waals surface area contributed by atoms with Gasteiger partial charge in [0.05, 0.1) is 0 Å². The summed E-state index contributed by atoms with van der Waals surface area (Å²) in [4.78, 5) is 39.9. The van der Waals surface area contributed by atoms with Crippen LogP contribution in [0.5, 0.6) is 11.5 Å². The summed E-state index contributed by atoms with van der Waals surface area (Å²) in [6, 6.07) is 15.4. The van der Waals surface area contributed by atoms with Crippen molar-refractivity contribution in [3.05, 3.63) is 64.1 Å². The Morgan fingerprint density at radius 1 is 1.03 bits per heavy atom. The number of carbonyl (C=O) groups is 3. The molecule has 2 aromatic carbocycles. The molecule has 3 heterocycles. The number of anilines is 1. The van der Waals surface area contributed by atoms with Gasteiger partial charge in [0.2, 0.25) is 22.7 Å². The highest BCUT2D eigenvalue weighted by molar-refractivity contribution is 7.15. The van der Waals surface area contributed by atoms with Crippen LogP contribution in [0.4, 0.5) is 5.69 Å². The summed E-state index contributed by atoms with van der Waals surface area (Å²) >= 11 is 0.963. The number of nitrogens with zero attached hydrogens (tertiary/aromatic N) is 3. The zero-order valence-corrected chi connectivity index (χ0v) is 22.5. The maximum Gasteiger partial charge on any atom is 0.286 e. The van der Waals surface area contributed by atoms with Gasteiger partial charge in [-0.2, -0.15) is 0 Å². The molecule has 0 bridgehead atoms. The smallest absolute Gasteiger partial charge is 0.286 e. The maximum atomic E-state index is 13.0. The highest BCUT2D eigenvalue weighted by atomic mass is 32.1. The van der Waals surface area contributed by atoms with Crippen molar-refractivity contribution in [1.29, 1.82) is 0 Å². The Morgan fingerprint density at radius 3 is 2.56 bits per heavy atom. The quantitative estimate of drug-likeness (QED) is 0.415. The standard InChI is InChI=1S/C28H31N5O5S/c1-18(7-8-19-5-3-2-4-6-19)29-24(34)15-20-11-13-33(14-12-20)28(36)27-32-31-26(39-27)25(35)30-21-9-10-22-23(16-21)38-17-37-22/h2-6,9-10,16,18,20H,7-8,11-15,17H2,1H3,(H,29,34)(H,30,35). The molecule has 1 atom stereocenters. The number of benzene rings is 2. The van der Waals surface area contributed by atoms with E-state index in [1.54, 1.807) is 23.1 Å². The number of aryl methyl sites for hydroxylation is 1. The zero-order chi connectivity index (χ0) is 27.2. The van der Waals surface area contributed by atoms with E-state index in [0.717, 1.165) is 37.0 Å². The second-order valence-corrected chi connectivity index (χ2v) is 10.8. The molecule has 11 heteroatoms. The monoisotopic (exact) mass is 549 g/mol. The van der Waals surface area contributed by atoms with Crippen molar-refractivity contribution in [3.63, 3.8) is 0 Å². The summed E-state index contributed by atoms with van der Waals surface area (Å²) in [5.41, 5.74) is 1.80. The molecule has 2 N–H and O–H groups in total. The molecular formula is C28H31N5O5S. The highest BCUT2D eigenvalue weighted by Gasteiger charge is 2.28. The van der Waals surface area contributed by atoms with Gasteiger partial charge in [0, 0.05) is 37.3 Å². The molecule has 1 saturated heterocycles. The van der Waals surface area contributed by atoms with Gasteiger partial charge in [0.25, 0.3) is 11.8 Å². The number of ether oxygens (including phenoxy) is 2. The van der Waals surface area contributed by atoms with E-state index in [1.165, 1.54) is 5.56 Å². The first kappa shape index (κ1) is 26.6. The molecule has 3 aromatic rings. The van der Waals surface area contributed by atoms with Gasteiger partial charge in [-0.25, -0.2) is 0 Å². The van der Waals surface area contributed by atoms with Gasteiger partial charge >= 0.3 is 0 Å². The molecule has 10 nitrogen and oxygen atoms in total. The summed E-state index contributed by atoms with van der Waals surface area (Å²) in [5.74, 6) is 0.768. The summed E-state index contributed by atoms with van der Waals surface area (Å²) in [5, 5.41) is 14.0. The summed E-state index contributed by atoms with van der Waals surface area (Å²) < 4.78 is 10.6. The number of nitrogens with one attached hydrogen (secondary N) is 2. The topological polar surface area (TPSA) is 123 Å². The van der Waals surface area contributed by atoms with Crippen LogP contribution in [-0.2, 0) is 11.2 Å². The van der Waals surface area contributed by atoms with Gasteiger partial charge < -0.3 is 25.0 Å². The van der Waals surface area contributed by atoms with E-state index in [4.69, 9.17) is 9.47 Å². The van der Waals surface area contributed by atoms with E-state index >= 15 is 0 Å². The van der Waals surface area contributed by atoms with Crippen molar-refractivity contribution in [1.82, 2.24) is 20.4 Å². The fourth-order valence-corrected chi connectivity index (χ4v) is 5.44. The van der Waals surface area contributed by atoms with Gasteiger partial charge in [-0.1, -0.05) is 41.7 Å². The number of aromatic nitrogens is 2. The maximum absolute atomic E-state index is 13.0. The molecule has 0 radical (unpaired) electrons. The van der Waals surface area contributed by atoms with Crippen molar-refractivity contribution in [2.75, 3.05) is 25.2 Å². The molecule has 5 rings (SSSR count). The predicted octanol–water partition coefficient (Wildman–Crippen LogP) is 3.90. The fraction of sp³-hybridized carbons (Fsp3) is 0.393. The van der Waals surface area contributed by atoms with Crippen molar-refractivity contribution in [2.24, 2.45) is 5.92 Å². The van der Waals surface area contributed by atoms with Gasteiger partial charge in [-0.05, 0) is 56.2 Å². The van der Waals surface area contributed by atoms with E-state index < -0.39 is 5.91 Å². The van der Waals surface area contributed by atoms with Crippen LogP contribution < -0.4 is 20.1 Å². The molecule has 3 amide bonds. The molecular weight excluding hydrogens is 518 g/mol. The van der Waals surface area contributed by atoms with Crippen molar-refractivity contribution < 1.29 is 23.9 Å². The van der Waals surface area contributed by atoms with Gasteiger partial charge in [-0.3, -0.25) is 14.4 Å². The molecule has 1 fully saturated rings. The van der Waals surface area contributed by atoms with E-state index in [9.17, 15) is 14.4 Å². The highest BCUT2D eigenvalue weighted by Crippen LogP contribution is 2.34. The minimum atomic E-state index is -0.451. The van der Waals surface area contributed by atoms with Gasteiger partial charge in [0.15, 0.2) is 11.5 Å². The molecule has 0 saturated carbocycles. The Hall–Kier alpha value is -3.99. The largest absolute Gasteiger partial charge is 0.454 e. The Labute approximate surface area is 230 Å². The Balaban J connectivity index is 1.05. The van der Waals surface area contributed by atoms with Crippen molar-refractivity contribution in [3.8, 4) is 11.5 Å². The molecule has 1 unspecified atom stereocenters. The Kier molecular flexibility index (Phi) is 8.36. The second-order valence-electron chi connectivity index (χ2n) is 9.87. The van der Waals surface area contributed by atoms with Gasteiger partial charge in [-0.15, -0.1) is 10.2 Å². The molecule has 39 heavy (non-hydrogen) atoms. The molecule has 0 spiro atoms. The minimum absolute atomic E-state index is 0.0579. The van der Waals surface area contributed by atoms with Crippen LogP contribution in [0, 0.1) is 5.92 Å². The number of rotatable bonds is 9. The summed E-state index contributed by atoms with van der Waals surface area (Å²) in [6.45, 7) is 3.26. The zero-order valence-electron chi connectivity index (χ0n) is 21.7. The second kappa shape index (κ2) is 12.2. The van der Waals surface area contributed by atoms with E-state index in [2.05, 4.69) is 33.0 Å². The number of hydrogen-bond donors (Lipinski definition) is 2. The van der Waals surface area contributed by atoms with Crippen LogP contribution in [0.2, 0.25) is 0 Å². The van der Waals surface area contributed by atoms with Crippen molar-refractivity contribution >= 4 is 34.7 Å². The SMILES string of the molecule is CC(CCc1ccccc1)NC(=O)CC1CCN(C(=O)c2nnc(C(=O)Nc3ccc4c(c3)OCO4)s2)CC1. The summed E-state index contributed by atoms with van der Waals surface area (Å²) in [6.07, 6.45) is 3.76. The number of likely N-dealkylation sites (tertiary alicyclic amines) is 1. The molecule has 0 aliphatic carbocycles. The third-order valence-electron chi connectivity index (χ3n) is 6.92. The molecule has 2 aliphatic rings. The van der Waals surface area contributed by atoms with Crippen LogP contribution >= 0.6 is 11.3 Å².